The first-order valence-corrected chi connectivity index (χ1v) is 2.61. The van der Waals surface area contributed by atoms with Gasteiger partial charge in [0, 0.05) is 0 Å². The molecule has 0 rings (SSSR count). The number of nitroso groups, excluding NO2 is 1. The van der Waals surface area contributed by atoms with Gasteiger partial charge in [-0.05, 0) is 5.18 Å². The molecule has 0 fully saturated rings. The highest BCUT2D eigenvalue weighted by Gasteiger charge is 2.73. The van der Waals surface area contributed by atoms with Crippen LogP contribution in [0.2, 0.25) is 0 Å². The molecule has 0 atom stereocenters. The second kappa shape index (κ2) is 2.75. The Morgan fingerprint density at radius 2 is 1.17 bits per heavy atom. The summed E-state index contributed by atoms with van der Waals surface area (Å²) < 4.78 is 68.7. The van der Waals surface area contributed by atoms with E-state index in [4.69, 9.17) is 0 Å². The van der Waals surface area contributed by atoms with Crippen LogP contribution in [0, 0.1) is 4.91 Å². The summed E-state index contributed by atoms with van der Waals surface area (Å²) in [5.74, 6) is 0. The van der Waals surface area contributed by atoms with E-state index in [2.05, 4.69) is 11.6 Å². The monoisotopic (exact) mass is 215 g/mol. The Bertz CT molecular complexity index is 170. The molecule has 12 heavy (non-hydrogen) atoms. The minimum atomic E-state index is -5.95. The lowest BCUT2D eigenvalue weighted by Gasteiger charge is -2.23. The average molecular weight is 215 g/mol. The molecule has 0 heterocycles. The topological polar surface area (TPSA) is 29.4 Å². The van der Waals surface area contributed by atoms with Gasteiger partial charge in [0.25, 0.3) is 0 Å². The van der Waals surface area contributed by atoms with Gasteiger partial charge >= 0.3 is 17.4 Å². The molecule has 9 heteroatoms. The van der Waals surface area contributed by atoms with Crippen LogP contribution in [0.25, 0.3) is 0 Å². The number of rotatable bonds is 1. The molecule has 0 unspecified atom stereocenters. The molecule has 0 aromatic carbocycles. The van der Waals surface area contributed by atoms with Gasteiger partial charge in [-0.3, -0.25) is 0 Å². The van der Waals surface area contributed by atoms with Crippen molar-refractivity contribution in [3.63, 3.8) is 0 Å². The van der Waals surface area contributed by atoms with Gasteiger partial charge in [-0.25, -0.2) is 0 Å². The summed E-state index contributed by atoms with van der Waals surface area (Å²) in [4.78, 5) is 4.26. The first-order valence-electron chi connectivity index (χ1n) is 2.23. The summed E-state index contributed by atoms with van der Waals surface area (Å²) in [6, 6.07) is 0. The van der Waals surface area contributed by atoms with Gasteiger partial charge in [0.15, 0.2) is 0 Å². The number of halogens is 7. The van der Waals surface area contributed by atoms with Crippen molar-refractivity contribution >= 4 is 11.6 Å². The first kappa shape index (κ1) is 11.5. The Hall–Kier alpha value is -0.530. The molecular weight excluding hydrogens is 215 g/mol. The Balaban J connectivity index is 5.09. The molecule has 0 aliphatic rings. The molecule has 0 saturated carbocycles. The third kappa shape index (κ3) is 1.62. The highest BCUT2D eigenvalue weighted by molar-refractivity contribution is 6.25. The van der Waals surface area contributed by atoms with E-state index in [0.717, 1.165) is 5.18 Å². The summed E-state index contributed by atoms with van der Waals surface area (Å²) in [5.41, 5.74) is 0. The zero-order valence-corrected chi connectivity index (χ0v) is 5.76. The lowest BCUT2D eigenvalue weighted by Crippen LogP contribution is -2.50. The van der Waals surface area contributed by atoms with E-state index in [1.807, 2.05) is 0 Å². The molecule has 0 spiro atoms. The average Bonchev–Trinajstić information content (AvgIpc) is 1.81. The Labute approximate surface area is 66.5 Å². The van der Waals surface area contributed by atoms with Crippen LogP contribution >= 0.6 is 11.6 Å². The van der Waals surface area contributed by atoms with Crippen molar-refractivity contribution < 1.29 is 26.3 Å². The third-order valence-electron chi connectivity index (χ3n) is 0.877. The van der Waals surface area contributed by atoms with Crippen LogP contribution in [0.1, 0.15) is 0 Å². The minimum absolute atomic E-state index is 0.828. The van der Waals surface area contributed by atoms with E-state index < -0.39 is 17.4 Å². The summed E-state index contributed by atoms with van der Waals surface area (Å²) >= 11 is 3.95. The van der Waals surface area contributed by atoms with Gasteiger partial charge in [0.05, 0.1) is 0 Å². The first-order chi connectivity index (χ1) is 5.06. The molecule has 0 N–H and O–H groups in total. The van der Waals surface area contributed by atoms with Gasteiger partial charge in [-0.2, -0.15) is 26.3 Å². The Morgan fingerprint density at radius 1 is 0.917 bits per heavy atom. The molecule has 0 radical (unpaired) electrons. The number of alkyl halides is 7. The van der Waals surface area contributed by atoms with Crippen LogP contribution < -0.4 is 0 Å². The summed E-state index contributed by atoms with van der Waals surface area (Å²) in [7, 11) is 0. The van der Waals surface area contributed by atoms with Crippen molar-refractivity contribution in [2.45, 2.75) is 17.4 Å². The summed E-state index contributed by atoms with van der Waals surface area (Å²) in [6.45, 7) is 0. The van der Waals surface area contributed by atoms with Crippen molar-refractivity contribution in [1.82, 2.24) is 0 Å². The zero-order valence-electron chi connectivity index (χ0n) is 5.00. The fourth-order valence-electron chi connectivity index (χ4n) is 0.264. The SMILES string of the molecule is O=NC(Cl)(C(F)(F)F)C(F)(F)F. The van der Waals surface area contributed by atoms with Crippen LogP contribution in [0.3, 0.4) is 0 Å². The molecule has 0 amide bonds. The molecule has 72 valence electrons. The van der Waals surface area contributed by atoms with Crippen LogP contribution in [0.5, 0.6) is 0 Å². The van der Waals surface area contributed by atoms with Gasteiger partial charge in [0.2, 0.25) is 0 Å². The van der Waals surface area contributed by atoms with Crippen molar-refractivity contribution in [3.8, 4) is 0 Å². The van der Waals surface area contributed by atoms with Crippen LogP contribution in [-0.4, -0.2) is 17.4 Å². The van der Waals surface area contributed by atoms with Crippen molar-refractivity contribution in [2.24, 2.45) is 5.18 Å². The van der Waals surface area contributed by atoms with Gasteiger partial charge < -0.3 is 0 Å². The predicted molar refractivity (Wildman–Crippen MR) is 26.5 cm³/mol. The predicted octanol–water partition coefficient (Wildman–Crippen LogP) is 2.81. The van der Waals surface area contributed by atoms with E-state index in [9.17, 15) is 31.2 Å². The van der Waals surface area contributed by atoms with Crippen molar-refractivity contribution in [2.75, 3.05) is 0 Å². The lowest BCUT2D eigenvalue weighted by molar-refractivity contribution is -0.265. The zero-order chi connectivity index (χ0) is 10.2. The van der Waals surface area contributed by atoms with Crippen LogP contribution in [0.15, 0.2) is 5.18 Å². The van der Waals surface area contributed by atoms with Gasteiger partial charge in [0.1, 0.15) is 0 Å². The highest BCUT2D eigenvalue weighted by Crippen LogP contribution is 2.48. The van der Waals surface area contributed by atoms with Gasteiger partial charge in [-0.1, -0.05) is 11.6 Å². The quantitative estimate of drug-likeness (QED) is 0.286. The number of hydrogen-bond donors (Lipinski definition) is 0. The fraction of sp³-hybridized carbons (Fsp3) is 1.00. The fourth-order valence-corrected chi connectivity index (χ4v) is 0.264. The van der Waals surface area contributed by atoms with Crippen molar-refractivity contribution in [3.05, 3.63) is 4.91 Å². The smallest absolute Gasteiger partial charge is 0.166 e. The maximum absolute atomic E-state index is 11.5. The third-order valence-corrected chi connectivity index (χ3v) is 1.37. The molecular formula is C3ClF6NO. The van der Waals surface area contributed by atoms with E-state index >= 15 is 0 Å². The van der Waals surface area contributed by atoms with Crippen molar-refractivity contribution in [1.29, 1.82) is 0 Å². The Morgan fingerprint density at radius 3 is 1.17 bits per heavy atom. The molecule has 0 saturated heterocycles. The van der Waals surface area contributed by atoms with E-state index in [1.54, 1.807) is 0 Å². The normalized spacial score (nSPS) is 14.6. The summed E-state index contributed by atoms with van der Waals surface area (Å²) in [5, 5.41) is 0.828. The minimum Gasteiger partial charge on any atom is -0.166 e. The summed E-state index contributed by atoms with van der Waals surface area (Å²) in [6.07, 6.45) is -11.9. The highest BCUT2D eigenvalue weighted by atomic mass is 35.5. The number of hydrogen-bond acceptors (Lipinski definition) is 2. The second-order valence-corrected chi connectivity index (χ2v) is 2.26. The second-order valence-electron chi connectivity index (χ2n) is 1.71. The lowest BCUT2D eigenvalue weighted by atomic mass is 10.3. The molecule has 0 aromatic heterocycles. The standard InChI is InChI=1S/C3ClF6NO/c4-1(11-12,2(5,6)7)3(8,9)10. The molecule has 0 bridgehead atoms. The van der Waals surface area contributed by atoms with Crippen LogP contribution in [0.4, 0.5) is 26.3 Å². The number of nitrogens with zero attached hydrogens (tertiary/aromatic N) is 1. The molecule has 0 aliphatic carbocycles. The van der Waals surface area contributed by atoms with E-state index in [1.165, 1.54) is 0 Å². The molecule has 0 aromatic rings. The largest absolute Gasteiger partial charge is 0.440 e. The maximum atomic E-state index is 11.5. The maximum Gasteiger partial charge on any atom is 0.440 e. The van der Waals surface area contributed by atoms with Crippen LogP contribution in [-0.2, 0) is 0 Å². The Kier molecular flexibility index (Phi) is 2.63. The molecule has 2 nitrogen and oxygen atoms in total. The van der Waals surface area contributed by atoms with E-state index in [-0.39, 0.29) is 0 Å². The van der Waals surface area contributed by atoms with E-state index in [0.29, 0.717) is 0 Å². The van der Waals surface area contributed by atoms with Gasteiger partial charge in [-0.15, -0.1) is 4.91 Å². The molecule has 0 aliphatic heterocycles.